The van der Waals surface area contributed by atoms with Gasteiger partial charge in [-0.1, -0.05) is 0 Å². The van der Waals surface area contributed by atoms with Crippen molar-refractivity contribution in [3.63, 3.8) is 0 Å². The number of aromatic nitrogens is 1. The van der Waals surface area contributed by atoms with Gasteiger partial charge in [-0.05, 0) is 51.3 Å². The van der Waals surface area contributed by atoms with Crippen LogP contribution in [0.1, 0.15) is 31.7 Å². The number of ether oxygens (including phenoxy) is 1. The Morgan fingerprint density at radius 1 is 1.56 bits per heavy atom. The molecule has 1 aliphatic heterocycles. The van der Waals surface area contributed by atoms with Gasteiger partial charge in [-0.2, -0.15) is 5.26 Å². The lowest BCUT2D eigenvalue weighted by molar-refractivity contribution is 0.165. The van der Waals surface area contributed by atoms with Crippen LogP contribution in [0.3, 0.4) is 0 Å². The van der Waals surface area contributed by atoms with Gasteiger partial charge < -0.3 is 10.1 Å². The van der Waals surface area contributed by atoms with Crippen molar-refractivity contribution >= 4 is 0 Å². The molecule has 2 rings (SSSR count). The van der Waals surface area contributed by atoms with E-state index in [9.17, 15) is 0 Å². The van der Waals surface area contributed by atoms with Crippen LogP contribution in [0.5, 0.6) is 5.88 Å². The number of nitriles is 1. The average Bonchev–Trinajstić information content (AvgIpc) is 2.40. The third-order valence-corrected chi connectivity index (χ3v) is 3.31. The monoisotopic (exact) mass is 245 g/mol. The second-order valence-corrected chi connectivity index (χ2v) is 4.85. The van der Waals surface area contributed by atoms with Crippen LogP contribution < -0.4 is 10.1 Å². The van der Waals surface area contributed by atoms with Crippen molar-refractivity contribution in [1.29, 1.82) is 5.26 Å². The molecule has 0 aliphatic carbocycles. The van der Waals surface area contributed by atoms with Gasteiger partial charge in [0, 0.05) is 12.3 Å². The topological polar surface area (TPSA) is 57.9 Å². The molecule has 4 nitrogen and oxygen atoms in total. The third-order valence-electron chi connectivity index (χ3n) is 3.31. The molecule has 96 valence electrons. The first kappa shape index (κ1) is 12.8. The predicted octanol–water partition coefficient (Wildman–Crippen LogP) is 2.11. The van der Waals surface area contributed by atoms with Gasteiger partial charge >= 0.3 is 0 Å². The van der Waals surface area contributed by atoms with Crippen molar-refractivity contribution in [1.82, 2.24) is 10.3 Å². The molecule has 0 aromatic carbocycles. The number of piperidine rings is 1. The molecule has 1 atom stereocenters. The van der Waals surface area contributed by atoms with Crippen molar-refractivity contribution in [3.8, 4) is 11.9 Å². The molecule has 0 amide bonds. The molecule has 1 fully saturated rings. The minimum Gasteiger partial charge on any atom is -0.475 e. The summed E-state index contributed by atoms with van der Waals surface area (Å²) in [4.78, 5) is 4.13. The Hall–Kier alpha value is -1.60. The Labute approximate surface area is 108 Å². The highest BCUT2D eigenvalue weighted by Gasteiger charge is 2.17. The lowest BCUT2D eigenvalue weighted by Crippen LogP contribution is -2.30. The Morgan fingerprint density at radius 2 is 2.33 bits per heavy atom. The first-order valence-corrected chi connectivity index (χ1v) is 6.51. The SMILES string of the molecule is CC(CC1CCNCC1)Oc1cc(C#N)ccn1. The van der Waals surface area contributed by atoms with Crippen LogP contribution >= 0.6 is 0 Å². The summed E-state index contributed by atoms with van der Waals surface area (Å²) >= 11 is 0. The lowest BCUT2D eigenvalue weighted by atomic mass is 9.92. The summed E-state index contributed by atoms with van der Waals surface area (Å²) in [6.45, 7) is 4.29. The average molecular weight is 245 g/mol. The second-order valence-electron chi connectivity index (χ2n) is 4.85. The molecule has 1 aromatic rings. The van der Waals surface area contributed by atoms with Crippen LogP contribution in [0, 0.1) is 17.2 Å². The zero-order chi connectivity index (χ0) is 12.8. The number of rotatable bonds is 4. The van der Waals surface area contributed by atoms with E-state index in [1.54, 1.807) is 18.3 Å². The van der Waals surface area contributed by atoms with Gasteiger partial charge in [0.2, 0.25) is 5.88 Å². The highest BCUT2D eigenvalue weighted by Crippen LogP contribution is 2.20. The largest absolute Gasteiger partial charge is 0.475 e. The fourth-order valence-corrected chi connectivity index (χ4v) is 2.38. The van der Waals surface area contributed by atoms with Gasteiger partial charge in [-0.3, -0.25) is 0 Å². The summed E-state index contributed by atoms with van der Waals surface area (Å²) in [6.07, 6.45) is 5.26. The molecule has 1 aliphatic rings. The zero-order valence-corrected chi connectivity index (χ0v) is 10.7. The minimum absolute atomic E-state index is 0.148. The maximum atomic E-state index is 8.82. The molecular weight excluding hydrogens is 226 g/mol. The van der Waals surface area contributed by atoms with Gasteiger partial charge in [0.15, 0.2) is 0 Å². The van der Waals surface area contributed by atoms with E-state index in [0.29, 0.717) is 11.4 Å². The fourth-order valence-electron chi connectivity index (χ4n) is 2.38. The van der Waals surface area contributed by atoms with Crippen molar-refractivity contribution in [2.24, 2.45) is 5.92 Å². The molecule has 4 heteroatoms. The molecule has 1 unspecified atom stereocenters. The van der Waals surface area contributed by atoms with Crippen LogP contribution in [0.4, 0.5) is 0 Å². The summed E-state index contributed by atoms with van der Waals surface area (Å²) in [5.41, 5.74) is 0.592. The number of hydrogen-bond acceptors (Lipinski definition) is 4. The van der Waals surface area contributed by atoms with Crippen LogP contribution in [-0.2, 0) is 0 Å². The van der Waals surface area contributed by atoms with E-state index < -0.39 is 0 Å². The van der Waals surface area contributed by atoms with Crippen LogP contribution in [0.2, 0.25) is 0 Å². The summed E-state index contributed by atoms with van der Waals surface area (Å²) in [7, 11) is 0. The smallest absolute Gasteiger partial charge is 0.214 e. The first-order chi connectivity index (χ1) is 8.78. The van der Waals surface area contributed by atoms with E-state index in [2.05, 4.69) is 23.3 Å². The van der Waals surface area contributed by atoms with Gasteiger partial charge in [0.05, 0.1) is 17.7 Å². The Balaban J connectivity index is 1.86. The molecule has 0 radical (unpaired) electrons. The van der Waals surface area contributed by atoms with Gasteiger partial charge in [-0.25, -0.2) is 4.98 Å². The second kappa shape index (κ2) is 6.36. The number of nitrogens with zero attached hydrogens (tertiary/aromatic N) is 2. The van der Waals surface area contributed by atoms with Crippen LogP contribution in [0.15, 0.2) is 18.3 Å². The summed E-state index contributed by atoms with van der Waals surface area (Å²) in [5, 5.41) is 12.2. The van der Waals surface area contributed by atoms with Crippen molar-refractivity contribution in [3.05, 3.63) is 23.9 Å². The van der Waals surface area contributed by atoms with E-state index in [1.807, 2.05) is 0 Å². The number of hydrogen-bond donors (Lipinski definition) is 1. The standard InChI is InChI=1S/C14H19N3O/c1-11(8-12-2-5-16-6-3-12)18-14-9-13(10-15)4-7-17-14/h4,7,9,11-12,16H,2-3,5-6,8H2,1H3. The van der Waals surface area contributed by atoms with Gasteiger partial charge in [0.25, 0.3) is 0 Å². The Bertz CT molecular complexity index is 421. The zero-order valence-electron chi connectivity index (χ0n) is 10.7. The molecule has 0 spiro atoms. The lowest BCUT2D eigenvalue weighted by Gasteiger charge is -2.25. The maximum Gasteiger partial charge on any atom is 0.214 e. The van der Waals surface area contributed by atoms with E-state index in [1.165, 1.54) is 12.8 Å². The maximum absolute atomic E-state index is 8.82. The molecule has 1 saturated heterocycles. The summed E-state index contributed by atoms with van der Waals surface area (Å²) < 4.78 is 5.78. The fraction of sp³-hybridized carbons (Fsp3) is 0.571. The molecule has 0 saturated carbocycles. The Morgan fingerprint density at radius 3 is 3.06 bits per heavy atom. The summed E-state index contributed by atoms with van der Waals surface area (Å²) in [5.74, 6) is 1.29. The van der Waals surface area contributed by atoms with Crippen LogP contribution in [-0.4, -0.2) is 24.2 Å². The molecule has 0 bridgehead atoms. The Kier molecular flexibility index (Phi) is 4.54. The predicted molar refractivity (Wildman–Crippen MR) is 69.3 cm³/mol. The van der Waals surface area contributed by atoms with Crippen molar-refractivity contribution < 1.29 is 4.74 Å². The quantitative estimate of drug-likeness (QED) is 0.882. The first-order valence-electron chi connectivity index (χ1n) is 6.51. The van der Waals surface area contributed by atoms with Gasteiger partial charge in [-0.15, -0.1) is 0 Å². The van der Waals surface area contributed by atoms with E-state index in [4.69, 9.17) is 10.00 Å². The molecule has 18 heavy (non-hydrogen) atoms. The molecule has 1 aromatic heterocycles. The molecule has 2 heterocycles. The molecule has 1 N–H and O–H groups in total. The number of pyridine rings is 1. The van der Waals surface area contributed by atoms with E-state index in [0.717, 1.165) is 25.4 Å². The van der Waals surface area contributed by atoms with E-state index >= 15 is 0 Å². The van der Waals surface area contributed by atoms with Crippen molar-refractivity contribution in [2.45, 2.75) is 32.3 Å². The molecular formula is C14H19N3O. The minimum atomic E-state index is 0.148. The highest BCUT2D eigenvalue weighted by molar-refractivity contribution is 5.31. The summed E-state index contributed by atoms with van der Waals surface area (Å²) in [6, 6.07) is 5.47. The third kappa shape index (κ3) is 3.71. The number of nitrogens with one attached hydrogen (secondary N) is 1. The van der Waals surface area contributed by atoms with Crippen LogP contribution in [0.25, 0.3) is 0 Å². The van der Waals surface area contributed by atoms with Crippen molar-refractivity contribution in [2.75, 3.05) is 13.1 Å². The van der Waals surface area contributed by atoms with E-state index in [-0.39, 0.29) is 6.10 Å². The van der Waals surface area contributed by atoms with Gasteiger partial charge in [0.1, 0.15) is 0 Å². The normalized spacial score (nSPS) is 18.0. The highest BCUT2D eigenvalue weighted by atomic mass is 16.5.